The molecule has 64 valence electrons. The standard InChI is InChI=1S/C9H11NS2/c1-10-7-5-3-4-6-8(7)12-9(10)11-2/h3-6,9H,1-2H3. The Bertz CT molecular complexity index is 288. The van der Waals surface area contributed by atoms with Gasteiger partial charge in [-0.25, -0.2) is 0 Å². The molecule has 1 aromatic carbocycles. The van der Waals surface area contributed by atoms with Gasteiger partial charge in [-0.2, -0.15) is 0 Å². The maximum absolute atomic E-state index is 2.32. The zero-order chi connectivity index (χ0) is 8.55. The van der Waals surface area contributed by atoms with E-state index in [1.165, 1.54) is 10.6 Å². The molecule has 0 N–H and O–H groups in total. The van der Waals surface area contributed by atoms with Gasteiger partial charge in [0.25, 0.3) is 0 Å². The van der Waals surface area contributed by atoms with Crippen LogP contribution in [0.1, 0.15) is 0 Å². The second kappa shape index (κ2) is 3.23. The van der Waals surface area contributed by atoms with E-state index < -0.39 is 0 Å². The Morgan fingerprint density at radius 3 is 2.83 bits per heavy atom. The highest BCUT2D eigenvalue weighted by Gasteiger charge is 2.25. The van der Waals surface area contributed by atoms with Gasteiger partial charge in [0.05, 0.1) is 5.69 Å². The lowest BCUT2D eigenvalue weighted by molar-refractivity contribution is 1.06. The van der Waals surface area contributed by atoms with Crippen LogP contribution in [0.5, 0.6) is 0 Å². The van der Waals surface area contributed by atoms with Crippen molar-refractivity contribution in [2.45, 2.75) is 9.60 Å². The van der Waals surface area contributed by atoms with Crippen molar-refractivity contribution in [3.05, 3.63) is 24.3 Å². The topological polar surface area (TPSA) is 3.24 Å². The Kier molecular flexibility index (Phi) is 2.24. The third kappa shape index (κ3) is 1.21. The molecule has 0 spiro atoms. The van der Waals surface area contributed by atoms with Crippen LogP contribution in [-0.4, -0.2) is 18.0 Å². The van der Waals surface area contributed by atoms with Crippen molar-refractivity contribution in [3.63, 3.8) is 0 Å². The first kappa shape index (κ1) is 8.32. The largest absolute Gasteiger partial charge is 0.353 e. The third-order valence-corrected chi connectivity index (χ3v) is 4.69. The molecule has 3 heteroatoms. The first-order valence-electron chi connectivity index (χ1n) is 3.84. The molecule has 0 saturated carbocycles. The van der Waals surface area contributed by atoms with Crippen LogP contribution in [0.15, 0.2) is 29.2 Å². The molecule has 0 saturated heterocycles. The molecule has 1 aliphatic heterocycles. The number of hydrogen-bond donors (Lipinski definition) is 0. The highest BCUT2D eigenvalue weighted by Crippen LogP contribution is 2.45. The highest BCUT2D eigenvalue weighted by atomic mass is 32.2. The maximum Gasteiger partial charge on any atom is 0.126 e. The molecule has 2 rings (SSSR count). The lowest BCUT2D eigenvalue weighted by Gasteiger charge is -2.18. The minimum atomic E-state index is 0.558. The van der Waals surface area contributed by atoms with Gasteiger partial charge >= 0.3 is 0 Å². The summed E-state index contributed by atoms with van der Waals surface area (Å²) in [6.45, 7) is 0. The SMILES string of the molecule is CSC1Sc2ccccc2N1C. The monoisotopic (exact) mass is 197 g/mol. The van der Waals surface area contributed by atoms with Crippen LogP contribution in [0, 0.1) is 0 Å². The summed E-state index contributed by atoms with van der Waals surface area (Å²) in [4.78, 5) is 3.73. The van der Waals surface area contributed by atoms with Crippen molar-refractivity contribution in [1.82, 2.24) is 0 Å². The first-order chi connectivity index (χ1) is 5.83. The number of nitrogens with zero attached hydrogens (tertiary/aromatic N) is 1. The fourth-order valence-electron chi connectivity index (χ4n) is 1.36. The molecular weight excluding hydrogens is 186 g/mol. The van der Waals surface area contributed by atoms with E-state index in [0.717, 1.165) is 0 Å². The van der Waals surface area contributed by atoms with E-state index >= 15 is 0 Å². The third-order valence-electron chi connectivity index (χ3n) is 1.99. The summed E-state index contributed by atoms with van der Waals surface area (Å²) < 4.78 is 0.558. The molecule has 0 aliphatic carbocycles. The number of anilines is 1. The summed E-state index contributed by atoms with van der Waals surface area (Å²) in [5.41, 5.74) is 1.36. The number of hydrogen-bond acceptors (Lipinski definition) is 3. The van der Waals surface area contributed by atoms with Gasteiger partial charge in [0.2, 0.25) is 0 Å². The van der Waals surface area contributed by atoms with Crippen molar-refractivity contribution in [2.24, 2.45) is 0 Å². The van der Waals surface area contributed by atoms with E-state index in [9.17, 15) is 0 Å². The van der Waals surface area contributed by atoms with Crippen LogP contribution >= 0.6 is 23.5 Å². The second-order valence-corrected chi connectivity index (χ2v) is 5.08. The summed E-state index contributed by atoms with van der Waals surface area (Å²) in [6, 6.07) is 8.56. The van der Waals surface area contributed by atoms with Gasteiger partial charge in [0, 0.05) is 11.9 Å². The molecule has 1 aliphatic rings. The lowest BCUT2D eigenvalue weighted by Crippen LogP contribution is -2.20. The molecule has 0 fully saturated rings. The van der Waals surface area contributed by atoms with Crippen molar-refractivity contribution < 1.29 is 0 Å². The van der Waals surface area contributed by atoms with E-state index in [-0.39, 0.29) is 0 Å². The van der Waals surface area contributed by atoms with Crippen LogP contribution in [0.2, 0.25) is 0 Å². The van der Waals surface area contributed by atoms with Gasteiger partial charge in [0.15, 0.2) is 0 Å². The van der Waals surface area contributed by atoms with Gasteiger partial charge in [0.1, 0.15) is 4.71 Å². The minimum Gasteiger partial charge on any atom is -0.353 e. The van der Waals surface area contributed by atoms with Gasteiger partial charge < -0.3 is 4.90 Å². The maximum atomic E-state index is 2.32. The molecular formula is C9H11NS2. The summed E-state index contributed by atoms with van der Waals surface area (Å²) in [7, 11) is 2.15. The van der Waals surface area contributed by atoms with E-state index in [0.29, 0.717) is 4.71 Å². The van der Waals surface area contributed by atoms with Crippen molar-refractivity contribution in [1.29, 1.82) is 0 Å². The highest BCUT2D eigenvalue weighted by molar-refractivity contribution is 8.17. The smallest absolute Gasteiger partial charge is 0.126 e. The summed E-state index contributed by atoms with van der Waals surface area (Å²) in [5.74, 6) is 0. The average Bonchev–Trinajstić information content (AvgIpc) is 2.44. The number of para-hydroxylation sites is 1. The second-order valence-electron chi connectivity index (χ2n) is 2.74. The molecule has 1 nitrogen and oxygen atoms in total. The average molecular weight is 197 g/mol. The molecule has 1 heterocycles. The number of thioether (sulfide) groups is 2. The predicted octanol–water partition coefficient (Wildman–Crippen LogP) is 2.88. The fraction of sp³-hybridized carbons (Fsp3) is 0.333. The Morgan fingerprint density at radius 1 is 1.42 bits per heavy atom. The van der Waals surface area contributed by atoms with Crippen LogP contribution in [0.25, 0.3) is 0 Å². The van der Waals surface area contributed by atoms with Crippen LogP contribution in [0.3, 0.4) is 0 Å². The Hall–Kier alpha value is -0.280. The summed E-state index contributed by atoms with van der Waals surface area (Å²) in [6.07, 6.45) is 2.15. The van der Waals surface area contributed by atoms with E-state index in [1.54, 1.807) is 0 Å². The zero-order valence-corrected chi connectivity index (χ0v) is 8.78. The lowest BCUT2D eigenvalue weighted by atomic mass is 10.3. The number of rotatable bonds is 1. The summed E-state index contributed by atoms with van der Waals surface area (Å²) >= 11 is 3.82. The van der Waals surface area contributed by atoms with Crippen molar-refractivity contribution in [3.8, 4) is 0 Å². The van der Waals surface area contributed by atoms with Crippen molar-refractivity contribution in [2.75, 3.05) is 18.2 Å². The minimum absolute atomic E-state index is 0.558. The van der Waals surface area contributed by atoms with Gasteiger partial charge in [-0.3, -0.25) is 0 Å². The Labute approximate surface area is 81.5 Å². The van der Waals surface area contributed by atoms with Crippen LogP contribution in [-0.2, 0) is 0 Å². The molecule has 0 aromatic heterocycles. The molecule has 1 unspecified atom stereocenters. The van der Waals surface area contributed by atoms with E-state index in [4.69, 9.17) is 0 Å². The number of benzene rings is 1. The number of fused-ring (bicyclic) bond motifs is 1. The van der Waals surface area contributed by atoms with Crippen molar-refractivity contribution >= 4 is 29.2 Å². The molecule has 0 bridgehead atoms. The predicted molar refractivity (Wildman–Crippen MR) is 58.0 cm³/mol. The molecule has 12 heavy (non-hydrogen) atoms. The van der Waals surface area contributed by atoms with Crippen LogP contribution < -0.4 is 4.90 Å². The summed E-state index contributed by atoms with van der Waals surface area (Å²) in [5, 5.41) is 0. The van der Waals surface area contributed by atoms with E-state index in [2.05, 4.69) is 42.5 Å². The molecule has 1 aromatic rings. The van der Waals surface area contributed by atoms with Crippen LogP contribution in [0.4, 0.5) is 5.69 Å². The Morgan fingerprint density at radius 2 is 2.17 bits per heavy atom. The zero-order valence-electron chi connectivity index (χ0n) is 7.15. The first-order valence-corrected chi connectivity index (χ1v) is 6.01. The normalized spacial score (nSPS) is 21.2. The van der Waals surface area contributed by atoms with Gasteiger partial charge in [-0.1, -0.05) is 23.9 Å². The van der Waals surface area contributed by atoms with E-state index in [1.807, 2.05) is 23.5 Å². The Balaban J connectivity index is 2.35. The molecule has 0 radical (unpaired) electrons. The fourth-order valence-corrected chi connectivity index (χ4v) is 3.46. The quantitative estimate of drug-likeness (QED) is 0.681. The molecule has 0 amide bonds. The van der Waals surface area contributed by atoms with Gasteiger partial charge in [-0.15, -0.1) is 11.8 Å². The molecule has 1 atom stereocenters. The van der Waals surface area contributed by atoms with Gasteiger partial charge in [-0.05, 0) is 18.4 Å².